The van der Waals surface area contributed by atoms with Crippen molar-refractivity contribution in [2.75, 3.05) is 26.7 Å². The molecule has 1 unspecified atom stereocenters. The molecule has 19 heavy (non-hydrogen) atoms. The van der Waals surface area contributed by atoms with Crippen LogP contribution in [0, 0.1) is 0 Å². The molecule has 0 bridgehead atoms. The number of nitrogens with one attached hydrogen (secondary N) is 1. The predicted molar refractivity (Wildman–Crippen MR) is 76.9 cm³/mol. The van der Waals surface area contributed by atoms with Gasteiger partial charge in [0, 0.05) is 6.54 Å². The molecule has 2 rings (SSSR count). The van der Waals surface area contributed by atoms with Crippen LogP contribution in [-0.2, 0) is 6.42 Å². The molecule has 1 saturated heterocycles. The first-order chi connectivity index (χ1) is 9.35. The lowest BCUT2D eigenvalue weighted by Gasteiger charge is -2.25. The molecule has 106 valence electrons. The average molecular weight is 264 g/mol. The van der Waals surface area contributed by atoms with E-state index in [1.54, 1.807) is 7.11 Å². The van der Waals surface area contributed by atoms with Gasteiger partial charge in [-0.2, -0.15) is 0 Å². The number of benzene rings is 1. The normalized spacial score (nSPS) is 19.2. The van der Waals surface area contributed by atoms with Crippen molar-refractivity contribution < 1.29 is 9.47 Å². The van der Waals surface area contributed by atoms with E-state index < -0.39 is 0 Å². The van der Waals surface area contributed by atoms with Gasteiger partial charge in [0.2, 0.25) is 0 Å². The maximum Gasteiger partial charge on any atom is 0.163 e. The van der Waals surface area contributed by atoms with Crippen LogP contribution in [0.25, 0.3) is 0 Å². The van der Waals surface area contributed by atoms with Gasteiger partial charge in [0.15, 0.2) is 11.5 Å². The van der Waals surface area contributed by atoms with Gasteiger partial charge in [-0.15, -0.1) is 0 Å². The second-order valence-electron chi connectivity index (χ2n) is 4.93. The maximum atomic E-state index is 6.08. The summed E-state index contributed by atoms with van der Waals surface area (Å²) in [6.45, 7) is 2.70. The highest BCUT2D eigenvalue weighted by atomic mass is 16.5. The Bertz CT molecular complexity index is 390. The molecule has 0 aliphatic carbocycles. The van der Waals surface area contributed by atoms with Gasteiger partial charge in [-0.05, 0) is 50.4 Å². The SMILES string of the molecule is COc1c(CCCN)cccc1OC1CCCNC1. The van der Waals surface area contributed by atoms with E-state index in [4.69, 9.17) is 15.2 Å². The van der Waals surface area contributed by atoms with Gasteiger partial charge in [-0.3, -0.25) is 0 Å². The summed E-state index contributed by atoms with van der Waals surface area (Å²) in [5.41, 5.74) is 6.75. The molecule has 4 heteroatoms. The lowest BCUT2D eigenvalue weighted by atomic mass is 10.1. The molecule has 0 amide bonds. The number of rotatable bonds is 6. The zero-order valence-electron chi connectivity index (χ0n) is 11.7. The summed E-state index contributed by atoms with van der Waals surface area (Å²) < 4.78 is 11.6. The molecule has 0 spiro atoms. The lowest BCUT2D eigenvalue weighted by Crippen LogP contribution is -2.37. The first-order valence-electron chi connectivity index (χ1n) is 7.08. The number of hydrogen-bond acceptors (Lipinski definition) is 4. The summed E-state index contributed by atoms with van der Waals surface area (Å²) >= 11 is 0. The Labute approximate surface area is 115 Å². The average Bonchev–Trinajstić information content (AvgIpc) is 2.46. The first kappa shape index (κ1) is 14.2. The molecular formula is C15H24N2O2. The van der Waals surface area contributed by atoms with Gasteiger partial charge < -0.3 is 20.5 Å². The van der Waals surface area contributed by atoms with Crippen molar-refractivity contribution in [1.29, 1.82) is 0 Å². The van der Waals surface area contributed by atoms with Crippen molar-refractivity contribution in [3.05, 3.63) is 23.8 Å². The quantitative estimate of drug-likeness (QED) is 0.821. The third kappa shape index (κ3) is 3.85. The van der Waals surface area contributed by atoms with E-state index >= 15 is 0 Å². The Balaban J connectivity index is 2.09. The summed E-state index contributed by atoms with van der Waals surface area (Å²) in [6, 6.07) is 6.10. The Hall–Kier alpha value is -1.26. The van der Waals surface area contributed by atoms with Crippen LogP contribution in [0.2, 0.25) is 0 Å². The Morgan fingerprint density at radius 2 is 2.32 bits per heavy atom. The summed E-state index contributed by atoms with van der Waals surface area (Å²) in [5, 5.41) is 3.36. The van der Waals surface area contributed by atoms with Crippen LogP contribution in [0.4, 0.5) is 0 Å². The zero-order chi connectivity index (χ0) is 13.5. The Morgan fingerprint density at radius 1 is 1.42 bits per heavy atom. The van der Waals surface area contributed by atoms with Crippen LogP contribution in [-0.4, -0.2) is 32.8 Å². The molecule has 1 heterocycles. The Morgan fingerprint density at radius 3 is 3.00 bits per heavy atom. The molecule has 1 aliphatic rings. The summed E-state index contributed by atoms with van der Waals surface area (Å²) in [6.07, 6.45) is 4.40. The predicted octanol–water partition coefficient (Wildman–Crippen LogP) is 1.72. The first-order valence-corrected chi connectivity index (χ1v) is 7.08. The fourth-order valence-corrected chi connectivity index (χ4v) is 2.48. The van der Waals surface area contributed by atoms with Gasteiger partial charge in [0.1, 0.15) is 6.10 Å². The van der Waals surface area contributed by atoms with Crippen molar-refractivity contribution in [1.82, 2.24) is 5.32 Å². The number of para-hydroxylation sites is 1. The van der Waals surface area contributed by atoms with Gasteiger partial charge >= 0.3 is 0 Å². The summed E-state index contributed by atoms with van der Waals surface area (Å²) in [4.78, 5) is 0. The van der Waals surface area contributed by atoms with Crippen molar-refractivity contribution in [3.63, 3.8) is 0 Å². The minimum atomic E-state index is 0.243. The van der Waals surface area contributed by atoms with E-state index in [0.717, 1.165) is 43.9 Å². The second-order valence-corrected chi connectivity index (χ2v) is 4.93. The minimum Gasteiger partial charge on any atom is -0.493 e. The van der Waals surface area contributed by atoms with Crippen LogP contribution in [0.3, 0.4) is 0 Å². The highest BCUT2D eigenvalue weighted by Gasteiger charge is 2.17. The molecule has 1 aromatic carbocycles. The van der Waals surface area contributed by atoms with Crippen LogP contribution in [0.15, 0.2) is 18.2 Å². The molecule has 4 nitrogen and oxygen atoms in total. The zero-order valence-corrected chi connectivity index (χ0v) is 11.7. The molecule has 1 aliphatic heterocycles. The maximum absolute atomic E-state index is 6.08. The number of hydrogen-bond donors (Lipinski definition) is 2. The highest BCUT2D eigenvalue weighted by Crippen LogP contribution is 2.33. The fraction of sp³-hybridized carbons (Fsp3) is 0.600. The van der Waals surface area contributed by atoms with Crippen molar-refractivity contribution >= 4 is 0 Å². The highest BCUT2D eigenvalue weighted by molar-refractivity contribution is 5.46. The van der Waals surface area contributed by atoms with Gasteiger partial charge in [0.05, 0.1) is 7.11 Å². The van der Waals surface area contributed by atoms with Crippen molar-refractivity contribution in [2.24, 2.45) is 5.73 Å². The van der Waals surface area contributed by atoms with Crippen LogP contribution >= 0.6 is 0 Å². The minimum absolute atomic E-state index is 0.243. The van der Waals surface area contributed by atoms with E-state index in [9.17, 15) is 0 Å². The van der Waals surface area contributed by atoms with Gasteiger partial charge in [0.25, 0.3) is 0 Å². The Kier molecular flexibility index (Phi) is 5.48. The lowest BCUT2D eigenvalue weighted by molar-refractivity contribution is 0.161. The topological polar surface area (TPSA) is 56.5 Å². The summed E-state index contributed by atoms with van der Waals surface area (Å²) in [7, 11) is 1.70. The molecule has 1 atom stereocenters. The van der Waals surface area contributed by atoms with E-state index in [-0.39, 0.29) is 6.10 Å². The number of methoxy groups -OCH3 is 1. The smallest absolute Gasteiger partial charge is 0.163 e. The van der Waals surface area contributed by atoms with Crippen molar-refractivity contribution in [2.45, 2.75) is 31.8 Å². The molecule has 3 N–H and O–H groups in total. The molecule has 0 aromatic heterocycles. The number of nitrogens with two attached hydrogens (primary N) is 1. The van der Waals surface area contributed by atoms with E-state index in [1.165, 1.54) is 12.0 Å². The van der Waals surface area contributed by atoms with Gasteiger partial charge in [-0.1, -0.05) is 12.1 Å². The molecular weight excluding hydrogens is 240 g/mol. The van der Waals surface area contributed by atoms with Crippen LogP contribution in [0.5, 0.6) is 11.5 Å². The fourth-order valence-electron chi connectivity index (χ4n) is 2.48. The molecule has 0 saturated carbocycles. The van der Waals surface area contributed by atoms with Crippen LogP contribution in [0.1, 0.15) is 24.8 Å². The molecule has 1 aromatic rings. The molecule has 1 fully saturated rings. The third-order valence-corrected chi connectivity index (χ3v) is 3.46. The van der Waals surface area contributed by atoms with Gasteiger partial charge in [-0.25, -0.2) is 0 Å². The number of ether oxygens (including phenoxy) is 2. The van der Waals surface area contributed by atoms with Crippen molar-refractivity contribution in [3.8, 4) is 11.5 Å². The standard InChI is InChI=1S/C15H24N2O2/c1-18-15-12(6-3-9-16)5-2-8-14(15)19-13-7-4-10-17-11-13/h2,5,8,13,17H,3-4,6-7,9-11,16H2,1H3. The third-order valence-electron chi connectivity index (χ3n) is 3.46. The van der Waals surface area contributed by atoms with E-state index in [2.05, 4.69) is 11.4 Å². The van der Waals surface area contributed by atoms with E-state index in [1.807, 2.05) is 12.1 Å². The molecule has 0 radical (unpaired) electrons. The largest absolute Gasteiger partial charge is 0.493 e. The van der Waals surface area contributed by atoms with E-state index in [0.29, 0.717) is 6.54 Å². The number of aryl methyl sites for hydroxylation is 1. The van der Waals surface area contributed by atoms with Crippen LogP contribution < -0.4 is 20.5 Å². The second kappa shape index (κ2) is 7.36. The monoisotopic (exact) mass is 264 g/mol. The number of piperidine rings is 1. The summed E-state index contributed by atoms with van der Waals surface area (Å²) in [5.74, 6) is 1.72.